The van der Waals surface area contributed by atoms with Gasteiger partial charge in [-0.1, -0.05) is 22.0 Å². The first kappa shape index (κ1) is 11.6. The Morgan fingerprint density at radius 2 is 2.31 bits per heavy atom. The summed E-state index contributed by atoms with van der Waals surface area (Å²) in [5.41, 5.74) is 2.00. The van der Waals surface area contributed by atoms with Crippen LogP contribution in [-0.2, 0) is 4.79 Å². The first-order valence-corrected chi connectivity index (χ1v) is 6.09. The zero-order chi connectivity index (χ0) is 11.7. The highest BCUT2D eigenvalue weighted by molar-refractivity contribution is 9.10. The van der Waals surface area contributed by atoms with Gasteiger partial charge in [0.1, 0.15) is 0 Å². The molecule has 0 aromatic heterocycles. The Hall–Kier alpha value is -0.870. The maximum atomic E-state index is 11.8. The summed E-state index contributed by atoms with van der Waals surface area (Å²) in [6.07, 6.45) is 0.447. The van der Waals surface area contributed by atoms with Gasteiger partial charge in [-0.25, -0.2) is 0 Å². The molecule has 0 radical (unpaired) electrons. The number of aliphatic hydroxyl groups excluding tert-OH is 1. The lowest BCUT2D eigenvalue weighted by Crippen LogP contribution is -2.25. The number of nitrogens with zero attached hydrogens (tertiary/aromatic N) is 1. The molecule has 1 heterocycles. The number of halogens is 1. The predicted molar refractivity (Wildman–Crippen MR) is 66.4 cm³/mol. The van der Waals surface area contributed by atoms with Crippen molar-refractivity contribution in [3.8, 4) is 0 Å². The molecule has 1 amide bonds. The quantitative estimate of drug-likeness (QED) is 0.903. The van der Waals surface area contributed by atoms with E-state index in [1.165, 1.54) is 0 Å². The number of benzene rings is 1. The first-order valence-electron chi connectivity index (χ1n) is 5.30. The molecule has 0 bridgehead atoms. The van der Waals surface area contributed by atoms with Crippen molar-refractivity contribution in [3.63, 3.8) is 0 Å². The predicted octanol–water partition coefficient (Wildman–Crippen LogP) is 2.10. The molecule has 2 rings (SSSR count). The number of amides is 1. The highest BCUT2D eigenvalue weighted by Gasteiger charge is 2.30. The highest BCUT2D eigenvalue weighted by Crippen LogP contribution is 2.31. The number of anilines is 1. The Labute approximate surface area is 103 Å². The molecule has 86 valence electrons. The Balaban J connectivity index is 2.31. The van der Waals surface area contributed by atoms with E-state index in [9.17, 15) is 4.79 Å². The minimum atomic E-state index is 0.0749. The molecule has 1 atom stereocenters. The number of rotatable bonds is 2. The third-order valence-electron chi connectivity index (χ3n) is 2.99. The third kappa shape index (κ3) is 1.99. The number of hydrogen-bond donors (Lipinski definition) is 1. The van der Waals surface area contributed by atoms with Crippen LogP contribution in [0, 0.1) is 12.8 Å². The molecule has 0 spiro atoms. The molecule has 1 aromatic rings. The molecule has 1 aliphatic rings. The van der Waals surface area contributed by atoms with E-state index in [1.54, 1.807) is 4.90 Å². The molecule has 1 fully saturated rings. The normalized spacial score (nSPS) is 20.6. The second-order valence-corrected chi connectivity index (χ2v) is 5.00. The lowest BCUT2D eigenvalue weighted by Gasteiger charge is -2.19. The van der Waals surface area contributed by atoms with Crippen LogP contribution >= 0.6 is 15.9 Å². The SMILES string of the molecule is Cc1c(Br)cccc1N1CC(CO)CC1=O. The molecule has 16 heavy (non-hydrogen) atoms. The van der Waals surface area contributed by atoms with Crippen LogP contribution in [0.3, 0.4) is 0 Å². The van der Waals surface area contributed by atoms with E-state index in [2.05, 4.69) is 15.9 Å². The summed E-state index contributed by atoms with van der Waals surface area (Å²) in [7, 11) is 0. The Morgan fingerprint density at radius 1 is 1.56 bits per heavy atom. The summed E-state index contributed by atoms with van der Waals surface area (Å²) in [5, 5.41) is 9.08. The van der Waals surface area contributed by atoms with E-state index in [0.29, 0.717) is 13.0 Å². The Bertz CT molecular complexity index is 419. The fourth-order valence-electron chi connectivity index (χ4n) is 2.03. The van der Waals surface area contributed by atoms with E-state index in [1.807, 2.05) is 25.1 Å². The van der Waals surface area contributed by atoms with Crippen LogP contribution in [0.4, 0.5) is 5.69 Å². The molecule has 1 aromatic carbocycles. The molecule has 1 aliphatic heterocycles. The van der Waals surface area contributed by atoms with E-state index in [4.69, 9.17) is 5.11 Å². The standard InChI is InChI=1S/C12H14BrNO2/c1-8-10(13)3-2-4-11(8)14-6-9(7-15)5-12(14)16/h2-4,9,15H,5-7H2,1H3. The smallest absolute Gasteiger partial charge is 0.227 e. The van der Waals surface area contributed by atoms with Crippen LogP contribution < -0.4 is 4.90 Å². The van der Waals surface area contributed by atoms with Gasteiger partial charge in [-0.3, -0.25) is 4.79 Å². The second kappa shape index (κ2) is 4.55. The van der Waals surface area contributed by atoms with E-state index in [-0.39, 0.29) is 18.4 Å². The molecule has 1 N–H and O–H groups in total. The molecule has 3 nitrogen and oxygen atoms in total. The zero-order valence-electron chi connectivity index (χ0n) is 9.11. The van der Waals surface area contributed by atoms with Gasteiger partial charge in [0, 0.05) is 35.7 Å². The van der Waals surface area contributed by atoms with Gasteiger partial charge >= 0.3 is 0 Å². The molecule has 1 saturated heterocycles. The van der Waals surface area contributed by atoms with Crippen molar-refractivity contribution in [3.05, 3.63) is 28.2 Å². The van der Waals surface area contributed by atoms with Crippen LogP contribution in [0.2, 0.25) is 0 Å². The number of carbonyl (C=O) groups excluding carboxylic acids is 1. The Kier molecular flexibility index (Phi) is 3.30. The van der Waals surface area contributed by atoms with Crippen molar-refractivity contribution in [1.82, 2.24) is 0 Å². The molecule has 1 unspecified atom stereocenters. The highest BCUT2D eigenvalue weighted by atomic mass is 79.9. The van der Waals surface area contributed by atoms with Gasteiger partial charge in [0.2, 0.25) is 5.91 Å². The summed E-state index contributed by atoms with van der Waals surface area (Å²) >= 11 is 3.46. The Morgan fingerprint density at radius 3 is 2.94 bits per heavy atom. The summed E-state index contributed by atoms with van der Waals surface area (Å²) in [6, 6.07) is 5.83. The van der Waals surface area contributed by atoms with Gasteiger partial charge in [0.25, 0.3) is 0 Å². The van der Waals surface area contributed by atoms with E-state index >= 15 is 0 Å². The van der Waals surface area contributed by atoms with Gasteiger partial charge in [-0.2, -0.15) is 0 Å². The van der Waals surface area contributed by atoms with Crippen molar-refractivity contribution < 1.29 is 9.90 Å². The molecule has 0 aliphatic carbocycles. The molecular weight excluding hydrogens is 270 g/mol. The third-order valence-corrected chi connectivity index (χ3v) is 3.85. The average Bonchev–Trinajstić information content (AvgIpc) is 2.64. The second-order valence-electron chi connectivity index (χ2n) is 4.14. The molecule has 0 saturated carbocycles. The number of aliphatic hydroxyl groups is 1. The minimum absolute atomic E-state index is 0.0749. The van der Waals surface area contributed by atoms with Crippen LogP contribution in [-0.4, -0.2) is 24.2 Å². The summed E-state index contributed by atoms with van der Waals surface area (Å²) < 4.78 is 1.00. The fourth-order valence-corrected chi connectivity index (χ4v) is 2.38. The number of carbonyl (C=O) groups is 1. The largest absolute Gasteiger partial charge is 0.396 e. The van der Waals surface area contributed by atoms with Crippen LogP contribution in [0.5, 0.6) is 0 Å². The van der Waals surface area contributed by atoms with Gasteiger partial charge < -0.3 is 10.0 Å². The van der Waals surface area contributed by atoms with Crippen molar-refractivity contribution in [2.45, 2.75) is 13.3 Å². The summed E-state index contributed by atoms with van der Waals surface area (Å²) in [5.74, 6) is 0.172. The average molecular weight is 284 g/mol. The van der Waals surface area contributed by atoms with Gasteiger partial charge in [-0.05, 0) is 24.6 Å². The maximum Gasteiger partial charge on any atom is 0.227 e. The molecule has 4 heteroatoms. The monoisotopic (exact) mass is 283 g/mol. The molecular formula is C12H14BrNO2. The summed E-state index contributed by atoms with van der Waals surface area (Å²) in [4.78, 5) is 13.6. The van der Waals surface area contributed by atoms with Crippen molar-refractivity contribution in [2.24, 2.45) is 5.92 Å². The van der Waals surface area contributed by atoms with Crippen molar-refractivity contribution in [1.29, 1.82) is 0 Å². The minimum Gasteiger partial charge on any atom is -0.396 e. The lowest BCUT2D eigenvalue weighted by atomic mass is 10.1. The van der Waals surface area contributed by atoms with Gasteiger partial charge in [0.05, 0.1) is 0 Å². The van der Waals surface area contributed by atoms with E-state index < -0.39 is 0 Å². The first-order chi connectivity index (χ1) is 7.63. The van der Waals surface area contributed by atoms with Gasteiger partial charge in [-0.15, -0.1) is 0 Å². The van der Waals surface area contributed by atoms with Gasteiger partial charge in [0.15, 0.2) is 0 Å². The topological polar surface area (TPSA) is 40.5 Å². The van der Waals surface area contributed by atoms with E-state index in [0.717, 1.165) is 15.7 Å². The zero-order valence-corrected chi connectivity index (χ0v) is 10.7. The fraction of sp³-hybridized carbons (Fsp3) is 0.417. The van der Waals surface area contributed by atoms with Crippen molar-refractivity contribution >= 4 is 27.5 Å². The lowest BCUT2D eigenvalue weighted by molar-refractivity contribution is -0.117. The summed E-state index contributed by atoms with van der Waals surface area (Å²) in [6.45, 7) is 2.68. The maximum absolute atomic E-state index is 11.8. The van der Waals surface area contributed by atoms with Crippen molar-refractivity contribution in [2.75, 3.05) is 18.1 Å². The van der Waals surface area contributed by atoms with Crippen LogP contribution in [0.1, 0.15) is 12.0 Å². The van der Waals surface area contributed by atoms with Crippen LogP contribution in [0.25, 0.3) is 0 Å². The number of hydrogen-bond acceptors (Lipinski definition) is 2. The van der Waals surface area contributed by atoms with Crippen LogP contribution in [0.15, 0.2) is 22.7 Å².